The van der Waals surface area contributed by atoms with Gasteiger partial charge in [0.05, 0.1) is 6.10 Å². The number of hydrogen-bond donors (Lipinski definition) is 1. The van der Waals surface area contributed by atoms with Gasteiger partial charge in [0.2, 0.25) is 0 Å². The number of benzene rings is 1. The van der Waals surface area contributed by atoms with E-state index in [4.69, 9.17) is 0 Å². The van der Waals surface area contributed by atoms with Gasteiger partial charge < -0.3 is 5.11 Å². The maximum atomic E-state index is 11.2. The van der Waals surface area contributed by atoms with Crippen molar-refractivity contribution in [3.05, 3.63) is 29.8 Å². The Morgan fingerprint density at radius 3 is 2.47 bits per heavy atom. The maximum Gasteiger partial charge on any atom is 0.159 e. The largest absolute Gasteiger partial charge is 0.392 e. The van der Waals surface area contributed by atoms with Crippen molar-refractivity contribution in [2.75, 3.05) is 0 Å². The molecule has 3 heteroatoms. The van der Waals surface area contributed by atoms with Crippen molar-refractivity contribution in [3.8, 4) is 0 Å². The molecule has 17 heavy (non-hydrogen) atoms. The fourth-order valence-electron chi connectivity index (χ4n) is 2.16. The molecule has 1 aromatic carbocycles. The van der Waals surface area contributed by atoms with E-state index in [2.05, 4.69) is 0 Å². The number of carbonyl (C=O) groups excluding carboxylic acids is 1. The van der Waals surface area contributed by atoms with Crippen molar-refractivity contribution >= 4 is 17.5 Å². The number of carbonyl (C=O) groups is 1. The quantitative estimate of drug-likeness (QED) is 0.836. The highest BCUT2D eigenvalue weighted by molar-refractivity contribution is 8.00. The SMILES string of the molecule is CC(=O)c1ccc(SC2CCCCC2O)cc1. The third-order valence-electron chi connectivity index (χ3n) is 3.22. The first-order valence-corrected chi connectivity index (χ1v) is 7.00. The molecule has 2 nitrogen and oxygen atoms in total. The summed E-state index contributed by atoms with van der Waals surface area (Å²) >= 11 is 1.73. The minimum Gasteiger partial charge on any atom is -0.392 e. The highest BCUT2D eigenvalue weighted by atomic mass is 32.2. The van der Waals surface area contributed by atoms with Gasteiger partial charge in [-0.05, 0) is 31.9 Å². The van der Waals surface area contributed by atoms with Crippen LogP contribution in [0, 0.1) is 0 Å². The van der Waals surface area contributed by atoms with Crippen molar-refractivity contribution in [1.29, 1.82) is 0 Å². The van der Waals surface area contributed by atoms with Gasteiger partial charge in [0.25, 0.3) is 0 Å². The number of Topliss-reactive ketones (excluding diaryl/α,β-unsaturated/α-hetero) is 1. The molecular weight excluding hydrogens is 232 g/mol. The Kier molecular flexibility index (Phi) is 4.24. The van der Waals surface area contributed by atoms with Crippen LogP contribution in [0.4, 0.5) is 0 Å². The molecule has 0 heterocycles. The molecule has 0 aromatic heterocycles. The van der Waals surface area contributed by atoms with Gasteiger partial charge in [0.15, 0.2) is 5.78 Å². The predicted octanol–water partition coefficient (Wildman–Crippen LogP) is 3.28. The van der Waals surface area contributed by atoms with Crippen LogP contribution in [0.1, 0.15) is 43.0 Å². The molecule has 1 aliphatic carbocycles. The molecule has 2 atom stereocenters. The molecule has 0 saturated heterocycles. The molecule has 0 radical (unpaired) electrons. The number of hydrogen-bond acceptors (Lipinski definition) is 3. The molecule has 1 aromatic rings. The molecule has 0 bridgehead atoms. The molecule has 92 valence electrons. The first-order chi connectivity index (χ1) is 8.16. The third kappa shape index (κ3) is 3.33. The lowest BCUT2D eigenvalue weighted by Crippen LogP contribution is -2.26. The number of thioether (sulfide) groups is 1. The number of aliphatic hydroxyl groups is 1. The number of aliphatic hydroxyl groups excluding tert-OH is 1. The highest BCUT2D eigenvalue weighted by Gasteiger charge is 2.23. The topological polar surface area (TPSA) is 37.3 Å². The maximum absolute atomic E-state index is 11.2. The summed E-state index contributed by atoms with van der Waals surface area (Å²) in [6, 6.07) is 7.67. The van der Waals surface area contributed by atoms with Crippen molar-refractivity contribution in [2.45, 2.75) is 48.9 Å². The van der Waals surface area contributed by atoms with Crippen LogP contribution in [-0.4, -0.2) is 22.2 Å². The lowest BCUT2D eigenvalue weighted by molar-refractivity contribution is 0.101. The van der Waals surface area contributed by atoms with E-state index in [1.807, 2.05) is 24.3 Å². The zero-order valence-electron chi connectivity index (χ0n) is 10.1. The van der Waals surface area contributed by atoms with Gasteiger partial charge in [-0.15, -0.1) is 11.8 Å². The van der Waals surface area contributed by atoms with Crippen LogP contribution in [0.5, 0.6) is 0 Å². The molecule has 0 aliphatic heterocycles. The summed E-state index contributed by atoms with van der Waals surface area (Å²) in [4.78, 5) is 12.3. The second-order valence-corrected chi connectivity index (χ2v) is 5.90. The van der Waals surface area contributed by atoms with Crippen molar-refractivity contribution < 1.29 is 9.90 Å². The molecular formula is C14H18O2S. The second kappa shape index (κ2) is 5.69. The summed E-state index contributed by atoms with van der Waals surface area (Å²) < 4.78 is 0. The molecule has 0 amide bonds. The van der Waals surface area contributed by atoms with Crippen LogP contribution in [0.3, 0.4) is 0 Å². The number of ketones is 1. The van der Waals surface area contributed by atoms with Gasteiger partial charge in [-0.2, -0.15) is 0 Å². The van der Waals surface area contributed by atoms with E-state index in [-0.39, 0.29) is 11.9 Å². The van der Waals surface area contributed by atoms with Gasteiger partial charge in [0.1, 0.15) is 0 Å². The van der Waals surface area contributed by atoms with E-state index in [9.17, 15) is 9.90 Å². The summed E-state index contributed by atoms with van der Waals surface area (Å²) in [6.07, 6.45) is 4.17. The standard InChI is InChI=1S/C14H18O2S/c1-10(15)11-6-8-12(9-7-11)17-14-5-3-2-4-13(14)16/h6-9,13-14,16H,2-5H2,1H3. The Hall–Kier alpha value is -0.800. The minimum absolute atomic E-state index is 0.0965. The monoisotopic (exact) mass is 250 g/mol. The Balaban J connectivity index is 2.00. The Labute approximate surface area is 106 Å². The zero-order chi connectivity index (χ0) is 12.3. The average Bonchev–Trinajstić information content (AvgIpc) is 2.33. The van der Waals surface area contributed by atoms with E-state index in [1.165, 1.54) is 6.42 Å². The minimum atomic E-state index is -0.179. The third-order valence-corrected chi connectivity index (χ3v) is 4.61. The summed E-state index contributed by atoms with van der Waals surface area (Å²) in [7, 11) is 0. The fourth-order valence-corrected chi connectivity index (χ4v) is 3.38. The average molecular weight is 250 g/mol. The first-order valence-electron chi connectivity index (χ1n) is 6.12. The molecule has 1 saturated carbocycles. The van der Waals surface area contributed by atoms with Crippen LogP contribution >= 0.6 is 11.8 Å². The molecule has 2 unspecified atom stereocenters. The second-order valence-electron chi connectivity index (χ2n) is 4.59. The predicted molar refractivity (Wildman–Crippen MR) is 70.6 cm³/mol. The Morgan fingerprint density at radius 1 is 1.24 bits per heavy atom. The van der Waals surface area contributed by atoms with Crippen molar-refractivity contribution in [3.63, 3.8) is 0 Å². The van der Waals surface area contributed by atoms with E-state index in [0.29, 0.717) is 5.25 Å². The molecule has 1 N–H and O–H groups in total. The zero-order valence-corrected chi connectivity index (χ0v) is 10.9. The van der Waals surface area contributed by atoms with E-state index in [0.717, 1.165) is 29.7 Å². The lowest BCUT2D eigenvalue weighted by Gasteiger charge is -2.26. The van der Waals surface area contributed by atoms with E-state index in [1.54, 1.807) is 18.7 Å². The molecule has 1 aliphatic rings. The van der Waals surface area contributed by atoms with Crippen LogP contribution in [0.15, 0.2) is 29.2 Å². The Morgan fingerprint density at radius 2 is 1.88 bits per heavy atom. The highest BCUT2D eigenvalue weighted by Crippen LogP contribution is 2.33. The molecule has 2 rings (SSSR count). The van der Waals surface area contributed by atoms with Crippen LogP contribution in [0.25, 0.3) is 0 Å². The smallest absolute Gasteiger partial charge is 0.159 e. The van der Waals surface area contributed by atoms with E-state index < -0.39 is 0 Å². The van der Waals surface area contributed by atoms with Crippen molar-refractivity contribution in [1.82, 2.24) is 0 Å². The summed E-state index contributed by atoms with van der Waals surface area (Å²) in [5.74, 6) is 0.0965. The first kappa shape index (κ1) is 12.7. The van der Waals surface area contributed by atoms with E-state index >= 15 is 0 Å². The van der Waals surface area contributed by atoms with Gasteiger partial charge in [-0.25, -0.2) is 0 Å². The van der Waals surface area contributed by atoms with Gasteiger partial charge in [0, 0.05) is 15.7 Å². The molecule has 0 spiro atoms. The van der Waals surface area contributed by atoms with Gasteiger partial charge >= 0.3 is 0 Å². The van der Waals surface area contributed by atoms with Crippen molar-refractivity contribution in [2.24, 2.45) is 0 Å². The normalized spacial score (nSPS) is 24.6. The lowest BCUT2D eigenvalue weighted by atomic mass is 9.97. The van der Waals surface area contributed by atoms with Gasteiger partial charge in [-0.1, -0.05) is 25.0 Å². The Bertz CT molecular complexity index is 386. The summed E-state index contributed by atoms with van der Waals surface area (Å²) in [5.41, 5.74) is 0.749. The van der Waals surface area contributed by atoms with Crippen LogP contribution < -0.4 is 0 Å². The fraction of sp³-hybridized carbons (Fsp3) is 0.500. The summed E-state index contributed by atoms with van der Waals surface area (Å²) in [5, 5.41) is 10.2. The number of rotatable bonds is 3. The summed E-state index contributed by atoms with van der Waals surface area (Å²) in [6.45, 7) is 1.58. The molecule has 1 fully saturated rings. The van der Waals surface area contributed by atoms with Crippen LogP contribution in [0.2, 0.25) is 0 Å². The van der Waals surface area contributed by atoms with Gasteiger partial charge in [-0.3, -0.25) is 4.79 Å². The van der Waals surface area contributed by atoms with Crippen LogP contribution in [-0.2, 0) is 0 Å².